The molecule has 0 amide bonds. The molecule has 0 saturated carbocycles. The predicted octanol–water partition coefficient (Wildman–Crippen LogP) is 1.23. The van der Waals surface area contributed by atoms with E-state index in [0.717, 1.165) is 0 Å². The predicted molar refractivity (Wildman–Crippen MR) is 34.0 cm³/mol. The molecule has 1 N–H and O–H groups in total. The molecule has 0 aliphatic carbocycles. The van der Waals surface area contributed by atoms with Crippen molar-refractivity contribution in [1.82, 2.24) is 0 Å². The van der Waals surface area contributed by atoms with Gasteiger partial charge in [-0.1, -0.05) is 0 Å². The summed E-state index contributed by atoms with van der Waals surface area (Å²) in [6.45, 7) is 2.46. The molecule has 0 aromatic rings. The second-order valence-electron chi connectivity index (χ2n) is 2.16. The summed E-state index contributed by atoms with van der Waals surface area (Å²) in [5, 5.41) is 8.35. The second kappa shape index (κ2) is 2.88. The van der Waals surface area contributed by atoms with Crippen LogP contribution in [0.2, 0.25) is 0 Å². The number of carboxylic acid groups (broad SMARTS) is 1. The highest BCUT2D eigenvalue weighted by molar-refractivity contribution is 6.61. The van der Waals surface area contributed by atoms with Crippen LogP contribution in [0.3, 0.4) is 0 Å². The molecule has 0 spiro atoms. The van der Waals surface area contributed by atoms with E-state index in [0.29, 0.717) is 0 Å². The summed E-state index contributed by atoms with van der Waals surface area (Å²) in [6.07, 6.45) is 0. The van der Waals surface area contributed by atoms with Gasteiger partial charge >= 0.3 is 11.4 Å². The molecule has 5 heteroatoms. The minimum Gasteiger partial charge on any atom is -0.478 e. The highest BCUT2D eigenvalue weighted by Gasteiger charge is 2.30. The lowest BCUT2D eigenvalue weighted by Gasteiger charge is -2.17. The molecule has 58 valence electrons. The van der Waals surface area contributed by atoms with Crippen molar-refractivity contribution < 1.29 is 19.4 Å². The van der Waals surface area contributed by atoms with Gasteiger partial charge in [0.1, 0.15) is 0 Å². The third-order valence-electron chi connectivity index (χ3n) is 0.850. The Morgan fingerprint density at radius 2 is 1.90 bits per heavy atom. The van der Waals surface area contributed by atoms with E-state index in [9.17, 15) is 9.59 Å². The molecule has 0 unspecified atom stereocenters. The van der Waals surface area contributed by atoms with Gasteiger partial charge in [0.2, 0.25) is 5.60 Å². The maximum Gasteiger partial charge on any atom is 0.404 e. The van der Waals surface area contributed by atoms with Crippen LogP contribution in [-0.4, -0.2) is 22.1 Å². The van der Waals surface area contributed by atoms with Gasteiger partial charge in [-0.2, -0.15) is 0 Å². The Hall–Kier alpha value is -0.770. The van der Waals surface area contributed by atoms with Crippen LogP contribution in [0.1, 0.15) is 13.8 Å². The Kier molecular flexibility index (Phi) is 2.65. The molecule has 0 bridgehead atoms. The number of hydrogen-bond donors (Lipinski definition) is 1. The van der Waals surface area contributed by atoms with E-state index >= 15 is 0 Å². The molecular weight excluding hydrogens is 160 g/mol. The molecule has 0 saturated heterocycles. The van der Waals surface area contributed by atoms with E-state index in [4.69, 9.17) is 16.7 Å². The molecule has 0 rings (SSSR count). The molecule has 0 aromatic carbocycles. The van der Waals surface area contributed by atoms with E-state index in [1.165, 1.54) is 13.8 Å². The standard InChI is InChI=1S/C5H7ClO4/c1-5(2,3(7)8)10-4(6)9/h1-2H3,(H,7,8). The summed E-state index contributed by atoms with van der Waals surface area (Å²) < 4.78 is 4.23. The maximum absolute atomic E-state index is 10.2. The number of rotatable bonds is 2. The number of hydrogen-bond acceptors (Lipinski definition) is 3. The molecule has 0 radical (unpaired) electrons. The van der Waals surface area contributed by atoms with Crippen molar-refractivity contribution in [3.05, 3.63) is 0 Å². The first-order valence-electron chi connectivity index (χ1n) is 2.48. The first-order valence-corrected chi connectivity index (χ1v) is 2.86. The van der Waals surface area contributed by atoms with Gasteiger partial charge in [-0.05, 0) is 13.8 Å². The summed E-state index contributed by atoms with van der Waals surface area (Å²) in [7, 11) is 0. The van der Waals surface area contributed by atoms with Gasteiger partial charge in [0.15, 0.2) is 0 Å². The fourth-order valence-electron chi connectivity index (χ4n) is 0.244. The van der Waals surface area contributed by atoms with Crippen LogP contribution in [0.5, 0.6) is 0 Å². The SMILES string of the molecule is CC(C)(OC(=O)Cl)C(=O)O. The van der Waals surface area contributed by atoms with Crippen LogP contribution < -0.4 is 0 Å². The van der Waals surface area contributed by atoms with Gasteiger partial charge in [-0.3, -0.25) is 0 Å². The Balaban J connectivity index is 4.13. The fraction of sp³-hybridized carbons (Fsp3) is 0.600. The summed E-state index contributed by atoms with van der Waals surface area (Å²) in [6, 6.07) is 0. The lowest BCUT2D eigenvalue weighted by atomic mass is 10.1. The zero-order chi connectivity index (χ0) is 8.36. The third kappa shape index (κ3) is 2.68. The largest absolute Gasteiger partial charge is 0.478 e. The second-order valence-corrected chi connectivity index (χ2v) is 2.46. The van der Waals surface area contributed by atoms with E-state index in [1.807, 2.05) is 0 Å². The average molecular weight is 167 g/mol. The molecule has 0 fully saturated rings. The lowest BCUT2D eigenvalue weighted by Crippen LogP contribution is -2.35. The van der Waals surface area contributed by atoms with Crippen LogP contribution in [0.4, 0.5) is 4.79 Å². The first kappa shape index (κ1) is 9.23. The Morgan fingerprint density at radius 3 is 2.00 bits per heavy atom. The summed E-state index contributed by atoms with van der Waals surface area (Å²) in [5.41, 5.74) is -2.66. The monoisotopic (exact) mass is 166 g/mol. The van der Waals surface area contributed by atoms with Crippen LogP contribution >= 0.6 is 11.6 Å². The van der Waals surface area contributed by atoms with Crippen molar-refractivity contribution >= 4 is 23.0 Å². The number of carboxylic acids is 1. The lowest BCUT2D eigenvalue weighted by molar-refractivity contribution is -0.154. The van der Waals surface area contributed by atoms with Gasteiger partial charge in [0.25, 0.3) is 0 Å². The van der Waals surface area contributed by atoms with E-state index in [-0.39, 0.29) is 0 Å². The van der Waals surface area contributed by atoms with Gasteiger partial charge in [0.05, 0.1) is 0 Å². The first-order chi connectivity index (χ1) is 4.36. The van der Waals surface area contributed by atoms with Crippen LogP contribution in [0, 0.1) is 0 Å². The fourth-order valence-corrected chi connectivity index (χ4v) is 0.437. The van der Waals surface area contributed by atoms with Crippen molar-refractivity contribution in [2.75, 3.05) is 0 Å². The van der Waals surface area contributed by atoms with Crippen molar-refractivity contribution in [3.63, 3.8) is 0 Å². The van der Waals surface area contributed by atoms with E-state index in [1.54, 1.807) is 0 Å². The third-order valence-corrected chi connectivity index (χ3v) is 0.928. The van der Waals surface area contributed by atoms with Crippen LogP contribution in [-0.2, 0) is 9.53 Å². The molecule has 0 aliphatic heterocycles. The topological polar surface area (TPSA) is 63.6 Å². The highest BCUT2D eigenvalue weighted by atomic mass is 35.5. The van der Waals surface area contributed by atoms with Crippen molar-refractivity contribution in [2.24, 2.45) is 0 Å². The Morgan fingerprint density at radius 1 is 1.50 bits per heavy atom. The van der Waals surface area contributed by atoms with Gasteiger partial charge in [0, 0.05) is 11.6 Å². The minimum atomic E-state index is -1.54. The summed E-state index contributed by atoms with van der Waals surface area (Å²) in [4.78, 5) is 20.3. The zero-order valence-electron chi connectivity index (χ0n) is 5.55. The van der Waals surface area contributed by atoms with Crippen molar-refractivity contribution in [3.8, 4) is 0 Å². The average Bonchev–Trinajstić information content (AvgIpc) is 1.60. The minimum absolute atomic E-state index is 1.12. The van der Waals surface area contributed by atoms with Crippen LogP contribution in [0.15, 0.2) is 0 Å². The van der Waals surface area contributed by atoms with E-state index in [2.05, 4.69) is 4.74 Å². The van der Waals surface area contributed by atoms with Crippen molar-refractivity contribution in [1.29, 1.82) is 0 Å². The van der Waals surface area contributed by atoms with Gasteiger partial charge in [-0.25, -0.2) is 9.59 Å². The zero-order valence-corrected chi connectivity index (χ0v) is 6.31. The Bertz CT molecular complexity index is 163. The smallest absolute Gasteiger partial charge is 0.404 e. The van der Waals surface area contributed by atoms with Crippen LogP contribution in [0.25, 0.3) is 0 Å². The molecule has 0 aromatic heterocycles. The van der Waals surface area contributed by atoms with Crippen molar-refractivity contribution in [2.45, 2.75) is 19.4 Å². The number of ether oxygens (including phenoxy) is 1. The quantitative estimate of drug-likeness (QED) is 0.627. The molecule has 0 heterocycles. The molecule has 4 nitrogen and oxygen atoms in total. The van der Waals surface area contributed by atoms with Gasteiger partial charge in [-0.15, -0.1) is 0 Å². The number of carbonyl (C=O) groups excluding carboxylic acids is 1. The summed E-state index contributed by atoms with van der Waals surface area (Å²) >= 11 is 4.78. The normalized spacial score (nSPS) is 10.7. The Labute approximate surface area is 62.7 Å². The number of halogens is 1. The molecule has 0 atom stereocenters. The number of aliphatic carboxylic acids is 1. The van der Waals surface area contributed by atoms with E-state index < -0.39 is 17.0 Å². The maximum atomic E-state index is 10.2. The molecule has 10 heavy (non-hydrogen) atoms. The highest BCUT2D eigenvalue weighted by Crippen LogP contribution is 2.10. The molecule has 0 aliphatic rings. The summed E-state index contributed by atoms with van der Waals surface area (Å²) in [5.74, 6) is -1.23. The number of carbonyl (C=O) groups is 2. The molecular formula is C5H7ClO4. The van der Waals surface area contributed by atoms with Gasteiger partial charge < -0.3 is 9.84 Å².